The molecule has 252 valence electrons. The van der Waals surface area contributed by atoms with E-state index in [-0.39, 0.29) is 34.4 Å². The average molecular weight is 653 g/mol. The van der Waals surface area contributed by atoms with E-state index in [0.29, 0.717) is 0 Å². The van der Waals surface area contributed by atoms with Gasteiger partial charge in [0, 0.05) is 49.0 Å². The molecule has 0 spiro atoms. The van der Waals surface area contributed by atoms with Gasteiger partial charge in [0.25, 0.3) is 0 Å². The molecule has 2 aliphatic carbocycles. The first-order valence-electron chi connectivity index (χ1n) is 16.0. The van der Waals surface area contributed by atoms with Gasteiger partial charge in [-0.1, -0.05) is 25.0 Å². The fourth-order valence-corrected chi connectivity index (χ4v) is 7.23. The number of phenols is 2. The van der Waals surface area contributed by atoms with Crippen LogP contribution in [0.4, 0.5) is 0 Å². The van der Waals surface area contributed by atoms with Crippen LogP contribution in [-0.4, -0.2) is 111 Å². The van der Waals surface area contributed by atoms with Crippen LogP contribution in [0.2, 0.25) is 0 Å². The lowest BCUT2D eigenvalue weighted by Crippen LogP contribution is -2.50. The summed E-state index contributed by atoms with van der Waals surface area (Å²) in [5.74, 6) is -3.71. The Morgan fingerprint density at radius 2 is 1.79 bits per heavy atom. The zero-order chi connectivity index (χ0) is 33.6. The standard InChI is InChI=1S/C34H40N2O11/c1-17-29(39)20(35-16-36-10-5-3-4-6-11-36)12-24(46-17)47-22-14-34(44,23(38)15-37)13-19-26(22)33(43)28-27(31(19)41)30(40)18-8-7-9-21(45-2)25(18)32(28)42/h7-9,16-17,20,22,24,29,37,39,41,43-44H,3-6,10-15H2,1-2H3/t17?,20?,22-,24?,29?,34?/m0/s1. The Balaban J connectivity index is 1.39. The van der Waals surface area contributed by atoms with Crippen molar-refractivity contribution in [3.8, 4) is 17.2 Å². The average Bonchev–Trinajstić information content (AvgIpc) is 3.34. The van der Waals surface area contributed by atoms with Crippen molar-refractivity contribution < 1.29 is 54.1 Å². The minimum Gasteiger partial charge on any atom is -0.507 e. The van der Waals surface area contributed by atoms with Gasteiger partial charge >= 0.3 is 0 Å². The van der Waals surface area contributed by atoms with Gasteiger partial charge in [0.2, 0.25) is 5.78 Å². The molecule has 0 radical (unpaired) electrons. The number of aromatic hydroxyl groups is 2. The van der Waals surface area contributed by atoms with E-state index in [0.717, 1.165) is 38.8 Å². The van der Waals surface area contributed by atoms with Crippen LogP contribution in [0.5, 0.6) is 17.2 Å². The third kappa shape index (κ3) is 5.80. The summed E-state index contributed by atoms with van der Waals surface area (Å²) in [6.07, 6.45) is 1.11. The highest BCUT2D eigenvalue weighted by Gasteiger charge is 2.50. The number of rotatable bonds is 7. The maximum Gasteiger partial charge on any atom is 0.202 e. The van der Waals surface area contributed by atoms with Gasteiger partial charge in [0.1, 0.15) is 35.6 Å². The van der Waals surface area contributed by atoms with Crippen LogP contribution in [0.3, 0.4) is 0 Å². The molecule has 0 amide bonds. The number of carbonyl (C=O) groups is 3. The van der Waals surface area contributed by atoms with Crippen molar-refractivity contribution >= 4 is 23.7 Å². The number of hydrogen-bond donors (Lipinski definition) is 5. The summed E-state index contributed by atoms with van der Waals surface area (Å²) in [6.45, 7) is 2.36. The number of aliphatic hydroxyl groups is 3. The summed E-state index contributed by atoms with van der Waals surface area (Å²) >= 11 is 0. The van der Waals surface area contributed by atoms with Crippen LogP contribution in [0.15, 0.2) is 23.2 Å². The van der Waals surface area contributed by atoms with Crippen LogP contribution in [0, 0.1) is 0 Å². The molecule has 5 N–H and O–H groups in total. The van der Waals surface area contributed by atoms with E-state index >= 15 is 0 Å². The number of phenolic OH excluding ortho intramolecular Hbond substituents is 2. The van der Waals surface area contributed by atoms with Crippen molar-refractivity contribution in [1.29, 1.82) is 0 Å². The molecule has 0 saturated carbocycles. The van der Waals surface area contributed by atoms with E-state index in [1.54, 1.807) is 13.3 Å². The van der Waals surface area contributed by atoms with Gasteiger partial charge in [-0.05, 0) is 25.8 Å². The molecule has 5 unspecified atom stereocenters. The molecule has 2 heterocycles. The van der Waals surface area contributed by atoms with Crippen LogP contribution >= 0.6 is 0 Å². The Hall–Kier alpha value is -3.88. The zero-order valence-corrected chi connectivity index (χ0v) is 26.3. The number of carbonyl (C=O) groups excluding carboxylic acids is 3. The van der Waals surface area contributed by atoms with Gasteiger partial charge in [-0.15, -0.1) is 0 Å². The monoisotopic (exact) mass is 652 g/mol. The summed E-state index contributed by atoms with van der Waals surface area (Å²) in [5, 5.41) is 55.3. The van der Waals surface area contributed by atoms with Crippen LogP contribution in [0.25, 0.3) is 0 Å². The van der Waals surface area contributed by atoms with Gasteiger partial charge in [-0.3, -0.25) is 19.4 Å². The van der Waals surface area contributed by atoms with Gasteiger partial charge in [0.05, 0.1) is 48.4 Å². The molecule has 2 aromatic carbocycles. The minimum absolute atomic E-state index is 0.0447. The van der Waals surface area contributed by atoms with Crippen molar-refractivity contribution in [3.63, 3.8) is 0 Å². The molecule has 13 nitrogen and oxygen atoms in total. The summed E-state index contributed by atoms with van der Waals surface area (Å²) in [5.41, 5.74) is -3.57. The number of nitrogens with zero attached hydrogens (tertiary/aromatic N) is 2. The predicted molar refractivity (Wildman–Crippen MR) is 166 cm³/mol. The van der Waals surface area contributed by atoms with Crippen LogP contribution < -0.4 is 4.74 Å². The van der Waals surface area contributed by atoms with E-state index in [9.17, 15) is 39.9 Å². The van der Waals surface area contributed by atoms with E-state index in [2.05, 4.69) is 9.89 Å². The molecule has 2 fully saturated rings. The van der Waals surface area contributed by atoms with Gasteiger partial charge in [-0.25, -0.2) is 0 Å². The maximum absolute atomic E-state index is 13.9. The van der Waals surface area contributed by atoms with Crippen molar-refractivity contribution in [2.45, 2.75) is 88.1 Å². The summed E-state index contributed by atoms with van der Waals surface area (Å²) in [7, 11) is 1.34. The highest BCUT2D eigenvalue weighted by molar-refractivity contribution is 6.31. The molecular formula is C34H40N2O11. The Bertz CT molecular complexity index is 1620. The number of Topliss-reactive ketones (excluding diaryl/α,β-unsaturated/α-hetero) is 1. The third-order valence-electron chi connectivity index (χ3n) is 9.79. The fraction of sp³-hybridized carbons (Fsp3) is 0.529. The first-order chi connectivity index (χ1) is 22.5. The van der Waals surface area contributed by atoms with Crippen LogP contribution in [0.1, 0.15) is 94.5 Å². The summed E-state index contributed by atoms with van der Waals surface area (Å²) in [4.78, 5) is 47.2. The van der Waals surface area contributed by atoms with Gasteiger partial charge in [0.15, 0.2) is 17.9 Å². The molecule has 0 bridgehead atoms. The van der Waals surface area contributed by atoms with E-state index in [1.807, 2.05) is 0 Å². The number of ketones is 3. The molecule has 2 saturated heterocycles. The first-order valence-corrected chi connectivity index (χ1v) is 16.0. The predicted octanol–water partition coefficient (Wildman–Crippen LogP) is 1.95. The van der Waals surface area contributed by atoms with Crippen LogP contribution in [-0.2, 0) is 20.7 Å². The maximum atomic E-state index is 13.9. The molecule has 47 heavy (non-hydrogen) atoms. The fourth-order valence-electron chi connectivity index (χ4n) is 7.23. The van der Waals surface area contributed by atoms with E-state index in [1.165, 1.54) is 25.3 Å². The summed E-state index contributed by atoms with van der Waals surface area (Å²) < 4.78 is 17.6. The molecule has 6 rings (SSSR count). The molecule has 6 atom stereocenters. The smallest absolute Gasteiger partial charge is 0.202 e. The SMILES string of the molecule is COc1cccc2c1C(=O)c1c(O)c3c(c(O)c1C2=O)CC(O)(C(=O)CO)C[C@@H]3OC1CC(N=CN2CCCCCC2)C(O)C(C)O1. The molecular weight excluding hydrogens is 612 g/mol. The lowest BCUT2D eigenvalue weighted by Gasteiger charge is -2.42. The Labute approximate surface area is 271 Å². The molecule has 13 heteroatoms. The molecule has 2 aliphatic heterocycles. The number of aliphatic hydroxyl groups excluding tert-OH is 2. The largest absolute Gasteiger partial charge is 0.507 e. The third-order valence-corrected chi connectivity index (χ3v) is 9.79. The Morgan fingerprint density at radius 1 is 1.09 bits per heavy atom. The quantitative estimate of drug-likeness (QED) is 0.142. The normalized spacial score (nSPS) is 29.2. The van der Waals surface area contributed by atoms with E-state index < -0.39 is 95.7 Å². The second-order valence-electron chi connectivity index (χ2n) is 12.8. The van der Waals surface area contributed by atoms with Crippen molar-refractivity contribution in [1.82, 2.24) is 4.90 Å². The number of benzene rings is 2. The van der Waals surface area contributed by atoms with Gasteiger partial charge in [-0.2, -0.15) is 0 Å². The molecule has 2 aromatic rings. The Kier molecular flexibility index (Phi) is 9.11. The highest BCUT2D eigenvalue weighted by Crippen LogP contribution is 2.52. The number of aliphatic imine (C=N–C) groups is 1. The number of likely N-dealkylation sites (tertiary alicyclic amines) is 1. The van der Waals surface area contributed by atoms with E-state index in [4.69, 9.17) is 14.2 Å². The van der Waals surface area contributed by atoms with Gasteiger partial charge < -0.3 is 44.6 Å². The van der Waals surface area contributed by atoms with Crippen molar-refractivity contribution in [2.24, 2.45) is 4.99 Å². The number of fused-ring (bicyclic) bond motifs is 3. The summed E-state index contributed by atoms with van der Waals surface area (Å²) in [6, 6.07) is 3.79. The second kappa shape index (κ2) is 13.0. The highest BCUT2D eigenvalue weighted by atomic mass is 16.7. The van der Waals surface area contributed by atoms with Crippen molar-refractivity contribution in [2.75, 3.05) is 26.8 Å². The number of hydrogen-bond acceptors (Lipinski definition) is 12. The molecule has 4 aliphatic rings. The second-order valence-corrected chi connectivity index (χ2v) is 12.8. The topological polar surface area (TPSA) is 196 Å². The number of methoxy groups -OCH3 is 1. The Morgan fingerprint density at radius 3 is 2.47 bits per heavy atom. The molecule has 0 aromatic heterocycles. The lowest BCUT2D eigenvalue weighted by molar-refractivity contribution is -0.247. The van der Waals surface area contributed by atoms with Crippen molar-refractivity contribution in [3.05, 3.63) is 51.6 Å². The lowest BCUT2D eigenvalue weighted by atomic mass is 9.72. The zero-order valence-electron chi connectivity index (χ0n) is 26.3. The first kappa shape index (κ1) is 33.0. The minimum atomic E-state index is -2.25. The number of ether oxygens (including phenoxy) is 3.